The number of aryl methyl sites for hydroxylation is 1. The maximum absolute atomic E-state index is 11.3. The van der Waals surface area contributed by atoms with Gasteiger partial charge in [0.1, 0.15) is 30.2 Å². The molecular formula is C34H37BrClN5O6. The lowest BCUT2D eigenvalue weighted by molar-refractivity contribution is -0.140. The number of aromatic nitrogens is 2. The molecule has 0 aliphatic carbocycles. The standard InChI is InChI=1S/C34H37BrClN5O6/c35-33-22(21-47-32-16-31(46-14-10-37)23(15-28(32)36)17-38-29(20-42)34(44)45)5-3-7-26(33)25-6-4-8-30-27(25)18-39-41(30)12-2-1-11-40-13-9-24(43)19-40/h3-8,15-16,18,24,29,38,42-43H,1-2,9,11-14,17,19-21H2,(H,44,45)/t24?,29-/m0/s1. The average molecular weight is 727 g/mol. The van der Waals surface area contributed by atoms with Gasteiger partial charge in [-0.1, -0.05) is 41.9 Å². The minimum atomic E-state index is -1.19. The van der Waals surface area contributed by atoms with E-state index in [1.54, 1.807) is 12.1 Å². The molecule has 0 saturated carbocycles. The van der Waals surface area contributed by atoms with Crippen molar-refractivity contribution in [2.75, 3.05) is 32.8 Å². The van der Waals surface area contributed by atoms with Crippen LogP contribution < -0.4 is 14.8 Å². The van der Waals surface area contributed by atoms with Gasteiger partial charge in [0.15, 0.2) is 6.61 Å². The van der Waals surface area contributed by atoms with Gasteiger partial charge in [-0.15, -0.1) is 0 Å². The number of halogens is 2. The molecule has 0 spiro atoms. The van der Waals surface area contributed by atoms with Crippen LogP contribution in [0.1, 0.15) is 30.4 Å². The van der Waals surface area contributed by atoms with Crippen molar-refractivity contribution in [3.8, 4) is 28.7 Å². The molecule has 1 saturated heterocycles. The van der Waals surface area contributed by atoms with Crippen LogP contribution in [0.4, 0.5) is 0 Å². The van der Waals surface area contributed by atoms with Gasteiger partial charge in [-0.25, -0.2) is 0 Å². The van der Waals surface area contributed by atoms with Crippen LogP contribution in [0.5, 0.6) is 11.5 Å². The number of carboxylic acids is 1. The number of nitrogens with one attached hydrogen (secondary N) is 1. The fraction of sp³-hybridized carbons (Fsp3) is 0.382. The quantitative estimate of drug-likeness (QED) is 0.116. The van der Waals surface area contributed by atoms with Crippen LogP contribution in [-0.2, 0) is 24.5 Å². The number of nitrogens with zero attached hydrogens (tertiary/aromatic N) is 4. The molecule has 47 heavy (non-hydrogen) atoms. The zero-order valence-electron chi connectivity index (χ0n) is 25.7. The number of aliphatic hydroxyl groups is 2. The number of hydrogen-bond acceptors (Lipinski definition) is 9. The molecule has 3 aromatic carbocycles. The van der Waals surface area contributed by atoms with E-state index in [9.17, 15) is 20.1 Å². The Balaban J connectivity index is 1.29. The number of carbonyl (C=O) groups is 1. The van der Waals surface area contributed by atoms with E-state index < -0.39 is 18.6 Å². The molecule has 5 rings (SSSR count). The van der Waals surface area contributed by atoms with Crippen molar-refractivity contribution in [2.24, 2.45) is 0 Å². The first-order chi connectivity index (χ1) is 22.8. The Kier molecular flexibility index (Phi) is 12.1. The average Bonchev–Trinajstić information content (AvgIpc) is 3.68. The van der Waals surface area contributed by atoms with Gasteiger partial charge < -0.3 is 29.7 Å². The maximum atomic E-state index is 11.3. The summed E-state index contributed by atoms with van der Waals surface area (Å²) in [5, 5.41) is 46.1. The van der Waals surface area contributed by atoms with Crippen LogP contribution in [0.25, 0.3) is 22.0 Å². The minimum Gasteiger partial charge on any atom is -0.487 e. The highest BCUT2D eigenvalue weighted by Gasteiger charge is 2.20. The Bertz CT molecular complexity index is 1740. The second-order valence-electron chi connectivity index (χ2n) is 11.4. The number of benzene rings is 3. The van der Waals surface area contributed by atoms with Crippen molar-refractivity contribution < 1.29 is 29.6 Å². The van der Waals surface area contributed by atoms with Gasteiger partial charge in [0.25, 0.3) is 0 Å². The van der Waals surface area contributed by atoms with Gasteiger partial charge >= 0.3 is 5.97 Å². The first kappa shape index (κ1) is 34.6. The second-order valence-corrected chi connectivity index (χ2v) is 12.6. The monoisotopic (exact) mass is 725 g/mol. The van der Waals surface area contributed by atoms with E-state index in [0.717, 1.165) is 77.5 Å². The van der Waals surface area contributed by atoms with Gasteiger partial charge in [-0.2, -0.15) is 10.4 Å². The predicted molar refractivity (Wildman–Crippen MR) is 181 cm³/mol. The summed E-state index contributed by atoms with van der Waals surface area (Å²) in [7, 11) is 0. The third-order valence-electron chi connectivity index (χ3n) is 8.21. The van der Waals surface area contributed by atoms with Crippen molar-refractivity contribution in [3.63, 3.8) is 0 Å². The van der Waals surface area contributed by atoms with Crippen LogP contribution in [0.15, 0.2) is 59.2 Å². The highest BCUT2D eigenvalue weighted by molar-refractivity contribution is 9.10. The van der Waals surface area contributed by atoms with E-state index >= 15 is 0 Å². The molecule has 2 atom stereocenters. The SMILES string of the molecule is N#CCOc1cc(OCc2cccc(-c3cccc4c3cnn4CCCCN3CCC(O)C3)c2Br)c(Cl)cc1CN[C@@H](CO)C(=O)O. The minimum absolute atomic E-state index is 0.0393. The van der Waals surface area contributed by atoms with E-state index in [0.29, 0.717) is 17.1 Å². The summed E-state index contributed by atoms with van der Waals surface area (Å²) in [4.78, 5) is 13.6. The third-order valence-corrected chi connectivity index (χ3v) is 9.44. The zero-order chi connectivity index (χ0) is 33.3. The molecule has 248 valence electrons. The largest absolute Gasteiger partial charge is 0.487 e. The molecule has 1 fully saturated rings. The van der Waals surface area contributed by atoms with Crippen LogP contribution in [-0.4, -0.2) is 81.0 Å². The summed E-state index contributed by atoms with van der Waals surface area (Å²) in [6.07, 6.45) is 4.63. The number of aliphatic carboxylic acids is 1. The molecular weight excluding hydrogens is 690 g/mol. The fourth-order valence-corrected chi connectivity index (χ4v) is 6.55. The molecule has 13 heteroatoms. The van der Waals surface area contributed by atoms with E-state index in [2.05, 4.69) is 43.0 Å². The number of fused-ring (bicyclic) bond motifs is 1. The number of rotatable bonds is 16. The summed E-state index contributed by atoms with van der Waals surface area (Å²) in [6.45, 7) is 2.94. The summed E-state index contributed by atoms with van der Waals surface area (Å²) in [5.74, 6) is -0.546. The molecule has 1 aromatic heterocycles. The maximum Gasteiger partial charge on any atom is 0.323 e. The van der Waals surface area contributed by atoms with Gasteiger partial charge in [0.05, 0.1) is 29.4 Å². The lowest BCUT2D eigenvalue weighted by Gasteiger charge is -2.17. The number of hydrogen-bond donors (Lipinski definition) is 4. The van der Waals surface area contributed by atoms with Crippen molar-refractivity contribution in [1.29, 1.82) is 5.26 Å². The number of β-amino-alcohol motifs (C(OH)–C–C–N with tert-alkyl or cyclic N) is 1. The van der Waals surface area contributed by atoms with Crippen LogP contribution in [0, 0.1) is 11.3 Å². The van der Waals surface area contributed by atoms with E-state index in [4.69, 9.17) is 31.4 Å². The van der Waals surface area contributed by atoms with Crippen LogP contribution in [0.2, 0.25) is 5.02 Å². The molecule has 1 aliphatic heterocycles. The van der Waals surface area contributed by atoms with Crippen LogP contribution >= 0.6 is 27.5 Å². The number of likely N-dealkylation sites (tertiary alicyclic amines) is 1. The fourth-order valence-electron chi connectivity index (χ4n) is 5.72. The van der Waals surface area contributed by atoms with E-state index in [1.807, 2.05) is 36.5 Å². The first-order valence-electron chi connectivity index (χ1n) is 15.4. The van der Waals surface area contributed by atoms with Crippen LogP contribution in [0.3, 0.4) is 0 Å². The Hall–Kier alpha value is -3.70. The number of aliphatic hydroxyl groups excluding tert-OH is 2. The lowest BCUT2D eigenvalue weighted by Crippen LogP contribution is -2.39. The molecule has 4 N–H and O–H groups in total. The predicted octanol–water partition coefficient (Wildman–Crippen LogP) is 4.98. The molecule has 1 unspecified atom stereocenters. The second kappa shape index (κ2) is 16.4. The highest BCUT2D eigenvalue weighted by atomic mass is 79.9. The Morgan fingerprint density at radius 1 is 1.13 bits per heavy atom. The summed E-state index contributed by atoms with van der Waals surface area (Å²) in [6, 6.07) is 16.1. The highest BCUT2D eigenvalue weighted by Crippen LogP contribution is 2.38. The van der Waals surface area contributed by atoms with Gasteiger partial charge in [0.2, 0.25) is 0 Å². The smallest absolute Gasteiger partial charge is 0.323 e. The lowest BCUT2D eigenvalue weighted by atomic mass is 10.00. The van der Waals surface area contributed by atoms with Gasteiger partial charge in [-0.3, -0.25) is 14.8 Å². The normalized spacial score (nSPS) is 15.5. The summed E-state index contributed by atoms with van der Waals surface area (Å²) >= 11 is 10.4. The third kappa shape index (κ3) is 8.61. The topological polar surface area (TPSA) is 153 Å². The van der Waals surface area contributed by atoms with Crippen molar-refractivity contribution in [2.45, 2.75) is 51.1 Å². The number of ether oxygens (including phenoxy) is 2. The Labute approximate surface area is 286 Å². The first-order valence-corrected chi connectivity index (χ1v) is 16.6. The molecule has 2 heterocycles. The van der Waals surface area contributed by atoms with Crippen molar-refractivity contribution >= 4 is 44.4 Å². The van der Waals surface area contributed by atoms with Crippen molar-refractivity contribution in [1.82, 2.24) is 20.0 Å². The Morgan fingerprint density at radius 2 is 1.91 bits per heavy atom. The number of unbranched alkanes of at least 4 members (excludes halogenated alkanes) is 1. The number of nitriles is 1. The Morgan fingerprint density at radius 3 is 2.66 bits per heavy atom. The number of carboxylic acid groups (broad SMARTS) is 1. The zero-order valence-corrected chi connectivity index (χ0v) is 28.1. The van der Waals surface area contributed by atoms with E-state index in [-0.39, 0.29) is 30.9 Å². The molecule has 4 aromatic rings. The molecule has 1 aliphatic rings. The molecule has 11 nitrogen and oxygen atoms in total. The summed E-state index contributed by atoms with van der Waals surface area (Å²) in [5.41, 5.74) is 4.49. The van der Waals surface area contributed by atoms with E-state index in [1.165, 1.54) is 0 Å². The molecule has 0 radical (unpaired) electrons. The summed E-state index contributed by atoms with van der Waals surface area (Å²) < 4.78 is 14.6. The van der Waals surface area contributed by atoms with Gasteiger partial charge in [-0.05, 0) is 65.0 Å². The van der Waals surface area contributed by atoms with Crippen molar-refractivity contribution in [3.05, 3.63) is 75.4 Å². The molecule has 0 amide bonds. The molecule has 0 bridgehead atoms. The van der Waals surface area contributed by atoms with Gasteiger partial charge in [0, 0.05) is 53.2 Å².